The lowest BCUT2D eigenvalue weighted by Gasteiger charge is -2.14. The molecule has 3 aromatic rings. The summed E-state index contributed by atoms with van der Waals surface area (Å²) in [5.74, 6) is -0.471. The maximum absolute atomic E-state index is 14.1. The van der Waals surface area contributed by atoms with Crippen molar-refractivity contribution in [1.82, 2.24) is 9.97 Å². The molecule has 100 valence electrons. The summed E-state index contributed by atoms with van der Waals surface area (Å²) >= 11 is 3.12. The Balaban J connectivity index is 2.18. The fourth-order valence-electron chi connectivity index (χ4n) is 2.13. The molecule has 0 saturated carbocycles. The first-order valence-electron chi connectivity index (χ1n) is 6.00. The van der Waals surface area contributed by atoms with Crippen LogP contribution in [-0.4, -0.2) is 15.1 Å². The van der Waals surface area contributed by atoms with Gasteiger partial charge < -0.3 is 5.11 Å². The summed E-state index contributed by atoms with van der Waals surface area (Å²) in [6, 6.07) is 10.1. The van der Waals surface area contributed by atoms with Gasteiger partial charge in [0.05, 0.1) is 15.5 Å². The van der Waals surface area contributed by atoms with E-state index in [1.807, 2.05) is 0 Å². The van der Waals surface area contributed by atoms with E-state index in [0.29, 0.717) is 21.1 Å². The molecule has 1 atom stereocenters. The van der Waals surface area contributed by atoms with Crippen molar-refractivity contribution in [2.75, 3.05) is 0 Å². The topological polar surface area (TPSA) is 46.0 Å². The molecule has 0 aliphatic heterocycles. The van der Waals surface area contributed by atoms with E-state index in [9.17, 15) is 9.50 Å². The first kappa shape index (κ1) is 13.1. The van der Waals surface area contributed by atoms with Crippen LogP contribution in [0.25, 0.3) is 11.0 Å². The molecule has 2 aromatic carbocycles. The van der Waals surface area contributed by atoms with Crippen molar-refractivity contribution in [3.63, 3.8) is 0 Å². The van der Waals surface area contributed by atoms with Gasteiger partial charge in [-0.05, 0) is 28.1 Å². The van der Waals surface area contributed by atoms with Gasteiger partial charge in [0.1, 0.15) is 11.9 Å². The summed E-state index contributed by atoms with van der Waals surface area (Å²) in [7, 11) is 0. The van der Waals surface area contributed by atoms with E-state index >= 15 is 0 Å². The van der Waals surface area contributed by atoms with Crippen molar-refractivity contribution in [1.29, 1.82) is 0 Å². The van der Waals surface area contributed by atoms with Gasteiger partial charge in [0, 0.05) is 23.5 Å². The van der Waals surface area contributed by atoms with Crippen LogP contribution in [0.1, 0.15) is 17.2 Å². The van der Waals surface area contributed by atoms with E-state index in [4.69, 9.17) is 0 Å². The second-order valence-electron chi connectivity index (χ2n) is 4.32. The van der Waals surface area contributed by atoms with Crippen LogP contribution in [-0.2, 0) is 0 Å². The fraction of sp³-hybridized carbons (Fsp3) is 0.0667. The summed E-state index contributed by atoms with van der Waals surface area (Å²) in [5.41, 5.74) is 1.98. The van der Waals surface area contributed by atoms with Gasteiger partial charge >= 0.3 is 0 Å². The lowest BCUT2D eigenvalue weighted by molar-refractivity contribution is 0.216. The SMILES string of the molecule is OC(c1cccc(Br)c1F)c1cccc2nccnc12. The molecular weight excluding hydrogens is 323 g/mol. The lowest BCUT2D eigenvalue weighted by atomic mass is 9.99. The zero-order valence-electron chi connectivity index (χ0n) is 10.3. The van der Waals surface area contributed by atoms with E-state index in [-0.39, 0.29) is 5.56 Å². The van der Waals surface area contributed by atoms with Crippen molar-refractivity contribution in [2.45, 2.75) is 6.10 Å². The van der Waals surface area contributed by atoms with Crippen molar-refractivity contribution in [3.8, 4) is 0 Å². The summed E-state index contributed by atoms with van der Waals surface area (Å²) in [6.45, 7) is 0. The second kappa shape index (κ2) is 5.26. The average molecular weight is 333 g/mol. The Bertz CT molecular complexity index is 773. The normalized spacial score (nSPS) is 12.6. The number of para-hydroxylation sites is 1. The zero-order chi connectivity index (χ0) is 14.1. The molecule has 0 fully saturated rings. The third-order valence-corrected chi connectivity index (χ3v) is 3.71. The molecule has 0 aliphatic rings. The van der Waals surface area contributed by atoms with Crippen LogP contribution < -0.4 is 0 Å². The molecule has 20 heavy (non-hydrogen) atoms. The molecule has 1 heterocycles. The van der Waals surface area contributed by atoms with Crippen molar-refractivity contribution < 1.29 is 9.50 Å². The van der Waals surface area contributed by atoms with Gasteiger partial charge in [-0.1, -0.05) is 24.3 Å². The minimum atomic E-state index is -1.09. The van der Waals surface area contributed by atoms with Gasteiger partial charge in [0.15, 0.2) is 0 Å². The Morgan fingerprint density at radius 3 is 2.55 bits per heavy atom. The third kappa shape index (κ3) is 2.19. The Labute approximate surface area is 123 Å². The minimum Gasteiger partial charge on any atom is -0.383 e. The van der Waals surface area contributed by atoms with Gasteiger partial charge in [0.2, 0.25) is 0 Å². The Kier molecular flexibility index (Phi) is 3.46. The van der Waals surface area contributed by atoms with Crippen molar-refractivity contribution in [3.05, 3.63) is 70.2 Å². The Morgan fingerprint density at radius 1 is 1.00 bits per heavy atom. The van der Waals surface area contributed by atoms with Crippen LogP contribution in [0.2, 0.25) is 0 Å². The number of aromatic nitrogens is 2. The first-order chi connectivity index (χ1) is 9.68. The molecule has 1 N–H and O–H groups in total. The highest BCUT2D eigenvalue weighted by Gasteiger charge is 2.19. The molecule has 1 unspecified atom stereocenters. The number of benzene rings is 2. The van der Waals surface area contributed by atoms with Gasteiger partial charge in [-0.25, -0.2) is 4.39 Å². The van der Waals surface area contributed by atoms with Crippen LogP contribution in [0.5, 0.6) is 0 Å². The molecule has 3 rings (SSSR count). The van der Waals surface area contributed by atoms with Crippen LogP contribution >= 0.6 is 15.9 Å². The zero-order valence-corrected chi connectivity index (χ0v) is 11.9. The summed E-state index contributed by atoms with van der Waals surface area (Å²) in [6.07, 6.45) is 2.04. The lowest BCUT2D eigenvalue weighted by Crippen LogP contribution is -2.04. The molecule has 0 saturated heterocycles. The monoisotopic (exact) mass is 332 g/mol. The molecule has 3 nitrogen and oxygen atoms in total. The summed E-state index contributed by atoms with van der Waals surface area (Å²) in [4.78, 5) is 8.40. The van der Waals surface area contributed by atoms with Gasteiger partial charge in [-0.3, -0.25) is 9.97 Å². The highest BCUT2D eigenvalue weighted by Crippen LogP contribution is 2.30. The number of aliphatic hydroxyl groups is 1. The third-order valence-electron chi connectivity index (χ3n) is 3.10. The van der Waals surface area contributed by atoms with E-state index in [0.717, 1.165) is 0 Å². The second-order valence-corrected chi connectivity index (χ2v) is 5.17. The Hall–Kier alpha value is -1.85. The highest BCUT2D eigenvalue weighted by molar-refractivity contribution is 9.10. The number of nitrogens with zero attached hydrogens (tertiary/aromatic N) is 2. The number of aliphatic hydroxyl groups excluding tert-OH is 1. The van der Waals surface area contributed by atoms with Crippen LogP contribution in [0.15, 0.2) is 53.3 Å². The van der Waals surface area contributed by atoms with Crippen molar-refractivity contribution >= 4 is 27.0 Å². The maximum Gasteiger partial charge on any atom is 0.143 e. The molecule has 0 aliphatic carbocycles. The fourth-order valence-corrected chi connectivity index (χ4v) is 2.52. The highest BCUT2D eigenvalue weighted by atomic mass is 79.9. The predicted molar refractivity (Wildman–Crippen MR) is 77.7 cm³/mol. The smallest absolute Gasteiger partial charge is 0.143 e. The molecule has 0 bridgehead atoms. The van der Waals surface area contributed by atoms with Gasteiger partial charge in [0.25, 0.3) is 0 Å². The average Bonchev–Trinajstić information content (AvgIpc) is 2.49. The Morgan fingerprint density at radius 2 is 1.70 bits per heavy atom. The van der Waals surface area contributed by atoms with Crippen LogP contribution in [0.4, 0.5) is 4.39 Å². The van der Waals surface area contributed by atoms with E-state index in [1.54, 1.807) is 48.8 Å². The van der Waals surface area contributed by atoms with E-state index in [2.05, 4.69) is 25.9 Å². The minimum absolute atomic E-state index is 0.206. The predicted octanol–water partition coefficient (Wildman–Crippen LogP) is 3.61. The summed E-state index contributed by atoms with van der Waals surface area (Å²) < 4.78 is 14.4. The molecular formula is C15H10BrFN2O. The summed E-state index contributed by atoms with van der Waals surface area (Å²) in [5, 5.41) is 10.5. The molecule has 5 heteroatoms. The number of rotatable bonds is 2. The maximum atomic E-state index is 14.1. The molecule has 0 radical (unpaired) electrons. The number of halogens is 2. The standard InChI is InChI=1S/C15H10BrFN2O/c16-11-5-1-3-9(13(11)17)15(20)10-4-2-6-12-14(10)19-8-7-18-12/h1-8,15,20H. The molecule has 0 spiro atoms. The van der Waals surface area contributed by atoms with E-state index in [1.165, 1.54) is 0 Å². The van der Waals surface area contributed by atoms with Crippen molar-refractivity contribution in [2.24, 2.45) is 0 Å². The first-order valence-corrected chi connectivity index (χ1v) is 6.79. The molecule has 0 amide bonds. The number of fused-ring (bicyclic) bond motifs is 1. The van der Waals surface area contributed by atoms with E-state index < -0.39 is 11.9 Å². The van der Waals surface area contributed by atoms with Gasteiger partial charge in [-0.15, -0.1) is 0 Å². The number of hydrogen-bond acceptors (Lipinski definition) is 3. The van der Waals surface area contributed by atoms with Crippen LogP contribution in [0.3, 0.4) is 0 Å². The molecule has 1 aromatic heterocycles. The van der Waals surface area contributed by atoms with Gasteiger partial charge in [-0.2, -0.15) is 0 Å². The largest absolute Gasteiger partial charge is 0.383 e. The quantitative estimate of drug-likeness (QED) is 0.779. The van der Waals surface area contributed by atoms with Crippen LogP contribution in [0, 0.1) is 5.82 Å². The number of hydrogen-bond donors (Lipinski definition) is 1.